The number of halogens is 2. The van der Waals surface area contributed by atoms with Crippen LogP contribution in [0.15, 0.2) is 33.4 Å². The molecule has 2 rings (SSSR count). The summed E-state index contributed by atoms with van der Waals surface area (Å²) >= 11 is 13.1. The second-order valence-corrected chi connectivity index (χ2v) is 6.43. The minimum Gasteiger partial charge on any atom is -0.147 e. The Bertz CT molecular complexity index is 380. The van der Waals surface area contributed by atoms with Crippen LogP contribution < -0.4 is 0 Å². The second kappa shape index (κ2) is 4.13. The van der Waals surface area contributed by atoms with Gasteiger partial charge in [-0.3, -0.25) is 0 Å². The molecule has 0 radical (unpaired) electrons. The first-order chi connectivity index (χ1) is 6.27. The van der Waals surface area contributed by atoms with E-state index in [0.29, 0.717) is 0 Å². The summed E-state index contributed by atoms with van der Waals surface area (Å²) in [5, 5.41) is 2.06. The first-order valence-corrected chi connectivity index (χ1v) is 6.62. The number of rotatable bonds is 2. The van der Waals surface area contributed by atoms with E-state index in [2.05, 4.69) is 28.1 Å². The molecule has 1 atom stereocenters. The molecule has 4 heteroatoms. The molecule has 0 N–H and O–H groups in total. The van der Waals surface area contributed by atoms with Crippen molar-refractivity contribution in [1.82, 2.24) is 0 Å². The molecular formula is C9H6BrClS2. The first-order valence-electron chi connectivity index (χ1n) is 3.70. The second-order valence-electron chi connectivity index (χ2n) is 2.52. The van der Waals surface area contributed by atoms with Crippen molar-refractivity contribution in [2.75, 3.05) is 0 Å². The van der Waals surface area contributed by atoms with Gasteiger partial charge in [-0.25, -0.2) is 0 Å². The summed E-state index contributed by atoms with van der Waals surface area (Å²) < 4.78 is 1.13. The molecule has 0 saturated heterocycles. The third-order valence-electron chi connectivity index (χ3n) is 1.64. The van der Waals surface area contributed by atoms with Gasteiger partial charge in [0, 0.05) is 9.75 Å². The lowest BCUT2D eigenvalue weighted by molar-refractivity contribution is 1.24. The Hall–Kier alpha value is 0.170. The van der Waals surface area contributed by atoms with Gasteiger partial charge in [-0.15, -0.1) is 34.3 Å². The van der Waals surface area contributed by atoms with Gasteiger partial charge in [-0.1, -0.05) is 6.07 Å². The van der Waals surface area contributed by atoms with E-state index < -0.39 is 0 Å². The highest BCUT2D eigenvalue weighted by atomic mass is 79.9. The van der Waals surface area contributed by atoms with Crippen LogP contribution in [0.3, 0.4) is 0 Å². The van der Waals surface area contributed by atoms with Gasteiger partial charge < -0.3 is 0 Å². The maximum Gasteiger partial charge on any atom is 0.102 e. The Labute approximate surface area is 98.3 Å². The largest absolute Gasteiger partial charge is 0.147 e. The third-order valence-corrected chi connectivity index (χ3v) is 4.99. The van der Waals surface area contributed by atoms with Crippen LogP contribution in [-0.2, 0) is 0 Å². The molecule has 0 fully saturated rings. The van der Waals surface area contributed by atoms with Crippen molar-refractivity contribution >= 4 is 50.2 Å². The van der Waals surface area contributed by atoms with Crippen molar-refractivity contribution in [3.8, 4) is 0 Å². The van der Waals surface area contributed by atoms with Crippen LogP contribution in [0, 0.1) is 0 Å². The highest BCUT2D eigenvalue weighted by Gasteiger charge is 2.13. The monoisotopic (exact) mass is 292 g/mol. The summed E-state index contributed by atoms with van der Waals surface area (Å²) in [6.45, 7) is 0. The van der Waals surface area contributed by atoms with E-state index >= 15 is 0 Å². The molecule has 13 heavy (non-hydrogen) atoms. The van der Waals surface area contributed by atoms with Gasteiger partial charge in [0.25, 0.3) is 0 Å². The van der Waals surface area contributed by atoms with E-state index in [4.69, 9.17) is 11.6 Å². The highest BCUT2D eigenvalue weighted by molar-refractivity contribution is 9.11. The zero-order valence-electron chi connectivity index (χ0n) is 6.54. The number of alkyl halides is 1. The van der Waals surface area contributed by atoms with Gasteiger partial charge in [-0.05, 0) is 39.5 Å². The fourth-order valence-corrected chi connectivity index (χ4v) is 3.69. The lowest BCUT2D eigenvalue weighted by atomic mass is 10.3. The molecule has 0 nitrogen and oxygen atoms in total. The molecule has 0 aliphatic heterocycles. The van der Waals surface area contributed by atoms with Gasteiger partial charge in [0.05, 0.1) is 3.79 Å². The van der Waals surface area contributed by atoms with E-state index in [9.17, 15) is 0 Å². The molecule has 2 heterocycles. The Morgan fingerprint density at radius 1 is 1.23 bits per heavy atom. The number of hydrogen-bond acceptors (Lipinski definition) is 2. The quantitative estimate of drug-likeness (QED) is 0.691. The Morgan fingerprint density at radius 3 is 2.62 bits per heavy atom. The normalized spacial score (nSPS) is 13.1. The minimum absolute atomic E-state index is 0.0105. The fraction of sp³-hybridized carbons (Fsp3) is 0.111. The van der Waals surface area contributed by atoms with E-state index in [-0.39, 0.29) is 5.38 Å². The van der Waals surface area contributed by atoms with Gasteiger partial charge in [0.2, 0.25) is 0 Å². The highest BCUT2D eigenvalue weighted by Crippen LogP contribution is 2.37. The average Bonchev–Trinajstić information content (AvgIpc) is 2.72. The van der Waals surface area contributed by atoms with Crippen LogP contribution in [0.1, 0.15) is 15.1 Å². The van der Waals surface area contributed by atoms with Crippen LogP contribution in [0.5, 0.6) is 0 Å². The molecular weight excluding hydrogens is 288 g/mol. The van der Waals surface area contributed by atoms with Gasteiger partial charge in [0.1, 0.15) is 5.38 Å². The van der Waals surface area contributed by atoms with E-state index in [1.54, 1.807) is 22.7 Å². The Balaban J connectivity index is 2.28. The minimum atomic E-state index is 0.0105. The zero-order chi connectivity index (χ0) is 9.26. The molecule has 0 aliphatic carbocycles. The maximum absolute atomic E-state index is 6.29. The third kappa shape index (κ3) is 2.15. The van der Waals surface area contributed by atoms with E-state index in [0.717, 1.165) is 3.79 Å². The van der Waals surface area contributed by atoms with E-state index in [1.807, 2.05) is 17.5 Å². The molecule has 2 aromatic heterocycles. The maximum atomic E-state index is 6.29. The summed E-state index contributed by atoms with van der Waals surface area (Å²) in [6, 6.07) is 8.18. The first kappa shape index (κ1) is 9.71. The van der Waals surface area contributed by atoms with Crippen LogP contribution in [0.4, 0.5) is 0 Å². The number of hydrogen-bond donors (Lipinski definition) is 0. The van der Waals surface area contributed by atoms with Crippen molar-refractivity contribution < 1.29 is 0 Å². The van der Waals surface area contributed by atoms with Gasteiger partial charge in [-0.2, -0.15) is 0 Å². The van der Waals surface area contributed by atoms with Crippen molar-refractivity contribution in [1.29, 1.82) is 0 Å². The SMILES string of the molecule is ClC(c1cccs1)c1ccc(Br)s1. The van der Waals surface area contributed by atoms with Crippen LogP contribution in [0.25, 0.3) is 0 Å². The van der Waals surface area contributed by atoms with Crippen LogP contribution in [-0.4, -0.2) is 0 Å². The van der Waals surface area contributed by atoms with Crippen molar-refractivity contribution in [2.24, 2.45) is 0 Å². The molecule has 0 aliphatic rings. The summed E-state index contributed by atoms with van der Waals surface area (Å²) in [5.74, 6) is 0. The van der Waals surface area contributed by atoms with Gasteiger partial charge >= 0.3 is 0 Å². The Morgan fingerprint density at radius 2 is 2.08 bits per heavy atom. The zero-order valence-corrected chi connectivity index (χ0v) is 10.5. The summed E-state index contributed by atoms with van der Waals surface area (Å²) in [7, 11) is 0. The number of thiophene rings is 2. The lowest BCUT2D eigenvalue weighted by Gasteiger charge is -2.02. The van der Waals surface area contributed by atoms with Crippen molar-refractivity contribution in [3.63, 3.8) is 0 Å². The molecule has 0 bridgehead atoms. The summed E-state index contributed by atoms with van der Waals surface area (Å²) in [5.41, 5.74) is 0. The predicted octanol–water partition coefficient (Wildman–Crippen LogP) is 4.90. The molecule has 0 spiro atoms. The molecule has 1 unspecified atom stereocenters. The molecule has 0 amide bonds. The smallest absolute Gasteiger partial charge is 0.102 e. The fourth-order valence-electron chi connectivity index (χ4n) is 1.04. The topological polar surface area (TPSA) is 0 Å². The standard InChI is InChI=1S/C9H6BrClS2/c10-8-4-3-7(13-8)9(11)6-2-1-5-12-6/h1-5,9H. The Kier molecular flexibility index (Phi) is 3.09. The van der Waals surface area contributed by atoms with Crippen molar-refractivity contribution in [3.05, 3.63) is 43.2 Å². The van der Waals surface area contributed by atoms with Gasteiger partial charge in [0.15, 0.2) is 0 Å². The predicted molar refractivity (Wildman–Crippen MR) is 64.0 cm³/mol. The van der Waals surface area contributed by atoms with E-state index in [1.165, 1.54) is 9.75 Å². The van der Waals surface area contributed by atoms with Crippen molar-refractivity contribution in [2.45, 2.75) is 5.38 Å². The lowest BCUT2D eigenvalue weighted by Crippen LogP contribution is -1.83. The summed E-state index contributed by atoms with van der Waals surface area (Å²) in [4.78, 5) is 2.40. The molecule has 0 aromatic carbocycles. The molecule has 2 aromatic rings. The molecule has 68 valence electrons. The van der Waals surface area contributed by atoms with Crippen LogP contribution in [0.2, 0.25) is 0 Å². The summed E-state index contributed by atoms with van der Waals surface area (Å²) in [6.07, 6.45) is 0. The van der Waals surface area contributed by atoms with Crippen LogP contribution >= 0.6 is 50.2 Å². The average molecular weight is 294 g/mol. The molecule has 0 saturated carbocycles.